The number of nitrogens with one attached hydrogen (secondary N) is 1. The maximum Gasteiger partial charge on any atom is 0.335 e. The Kier molecular flexibility index (Phi) is 4.65. The second kappa shape index (κ2) is 6.33. The summed E-state index contributed by atoms with van der Waals surface area (Å²) in [4.78, 5) is 10.7. The van der Waals surface area contributed by atoms with E-state index in [1.165, 1.54) is 12.1 Å². The third-order valence-electron chi connectivity index (χ3n) is 3.18. The quantitative estimate of drug-likeness (QED) is 0.876. The van der Waals surface area contributed by atoms with E-state index in [1.807, 2.05) is 4.72 Å². The molecule has 23 heavy (non-hydrogen) atoms. The number of benzene rings is 2. The van der Waals surface area contributed by atoms with E-state index in [2.05, 4.69) is 0 Å². The van der Waals surface area contributed by atoms with Crippen molar-refractivity contribution in [3.63, 3.8) is 0 Å². The molecule has 0 aliphatic heterocycles. The lowest BCUT2D eigenvalue weighted by atomic mass is 10.1. The fraction of sp³-hybridized carbons (Fsp3) is 0.133. The zero-order valence-electron chi connectivity index (χ0n) is 12.0. The van der Waals surface area contributed by atoms with Gasteiger partial charge in [0.15, 0.2) is 11.6 Å². The number of carboxylic acid groups (broad SMARTS) is 1. The lowest BCUT2D eigenvalue weighted by molar-refractivity contribution is 0.0696. The van der Waals surface area contributed by atoms with Crippen LogP contribution >= 0.6 is 0 Å². The number of anilines is 1. The van der Waals surface area contributed by atoms with Crippen LogP contribution in [-0.4, -0.2) is 19.5 Å². The Balaban J connectivity index is 2.53. The molecule has 2 rings (SSSR count). The highest BCUT2D eigenvalue weighted by Gasteiger charge is 2.22. The summed E-state index contributed by atoms with van der Waals surface area (Å²) in [5, 5.41) is 8.98. The van der Waals surface area contributed by atoms with Crippen molar-refractivity contribution >= 4 is 21.7 Å². The zero-order valence-corrected chi connectivity index (χ0v) is 12.8. The molecular weight excluding hydrogens is 328 g/mol. The number of aryl methyl sites for hydroxylation is 1. The molecule has 0 fully saturated rings. The van der Waals surface area contributed by atoms with Crippen molar-refractivity contribution < 1.29 is 27.1 Å². The summed E-state index contributed by atoms with van der Waals surface area (Å²) in [5.74, 6) is -3.82. The van der Waals surface area contributed by atoms with Gasteiger partial charge in [-0.3, -0.25) is 4.72 Å². The van der Waals surface area contributed by atoms with Crippen molar-refractivity contribution in [1.29, 1.82) is 0 Å². The maximum atomic E-state index is 13.6. The Morgan fingerprint density at radius 2 is 1.91 bits per heavy atom. The van der Waals surface area contributed by atoms with Gasteiger partial charge in [0.2, 0.25) is 0 Å². The number of carbonyl (C=O) groups is 1. The van der Waals surface area contributed by atoms with Gasteiger partial charge < -0.3 is 5.11 Å². The van der Waals surface area contributed by atoms with E-state index in [-0.39, 0.29) is 10.5 Å². The lowest BCUT2D eigenvalue weighted by Gasteiger charge is -2.13. The van der Waals surface area contributed by atoms with E-state index >= 15 is 0 Å². The van der Waals surface area contributed by atoms with Crippen LogP contribution in [0.25, 0.3) is 0 Å². The Morgan fingerprint density at radius 3 is 2.52 bits per heavy atom. The number of hydrogen-bond donors (Lipinski definition) is 2. The number of rotatable bonds is 5. The van der Waals surface area contributed by atoms with Crippen LogP contribution < -0.4 is 4.72 Å². The van der Waals surface area contributed by atoms with E-state index in [4.69, 9.17) is 5.11 Å². The maximum absolute atomic E-state index is 13.6. The first kappa shape index (κ1) is 16.9. The van der Waals surface area contributed by atoms with Gasteiger partial charge in [-0.2, -0.15) is 0 Å². The molecule has 0 aliphatic carbocycles. The molecule has 0 heterocycles. The second-order valence-electron chi connectivity index (χ2n) is 4.69. The predicted octanol–water partition coefficient (Wildman–Crippen LogP) is 3.03. The summed E-state index contributed by atoms with van der Waals surface area (Å²) >= 11 is 0. The standard InChI is InChI=1S/C15H13F2NO4S/c1-2-9-6-7-10(15(19)20)8-13(9)23(21,22)18-12-5-3-4-11(16)14(12)17/h3-8,18H,2H2,1H3,(H,19,20). The van der Waals surface area contributed by atoms with Crippen molar-refractivity contribution in [3.05, 3.63) is 59.2 Å². The first-order chi connectivity index (χ1) is 10.8. The molecule has 0 unspecified atom stereocenters. The van der Waals surface area contributed by atoms with E-state index in [1.54, 1.807) is 6.92 Å². The Morgan fingerprint density at radius 1 is 1.22 bits per heavy atom. The van der Waals surface area contributed by atoms with Gasteiger partial charge in [-0.15, -0.1) is 0 Å². The Hall–Kier alpha value is -2.48. The minimum atomic E-state index is -4.27. The van der Waals surface area contributed by atoms with Gasteiger partial charge in [-0.25, -0.2) is 22.0 Å². The molecule has 8 heteroatoms. The van der Waals surface area contributed by atoms with E-state index in [9.17, 15) is 22.0 Å². The highest BCUT2D eigenvalue weighted by atomic mass is 32.2. The van der Waals surface area contributed by atoms with E-state index in [0.29, 0.717) is 12.0 Å². The summed E-state index contributed by atoms with van der Waals surface area (Å²) in [7, 11) is -4.27. The molecule has 0 radical (unpaired) electrons. The molecule has 2 aromatic carbocycles. The average Bonchev–Trinajstić information content (AvgIpc) is 2.51. The first-order valence-corrected chi connectivity index (χ1v) is 8.07. The third kappa shape index (κ3) is 3.48. The summed E-state index contributed by atoms with van der Waals surface area (Å²) in [5.41, 5.74) is -0.408. The smallest absolute Gasteiger partial charge is 0.335 e. The van der Waals surface area contributed by atoms with Crippen LogP contribution in [0.4, 0.5) is 14.5 Å². The molecule has 0 bridgehead atoms. The normalized spacial score (nSPS) is 11.3. The predicted molar refractivity (Wildman–Crippen MR) is 79.9 cm³/mol. The highest BCUT2D eigenvalue weighted by molar-refractivity contribution is 7.92. The molecule has 2 N–H and O–H groups in total. The fourth-order valence-electron chi connectivity index (χ4n) is 2.01. The van der Waals surface area contributed by atoms with Crippen LogP contribution in [0.15, 0.2) is 41.3 Å². The van der Waals surface area contributed by atoms with Gasteiger partial charge in [-0.1, -0.05) is 19.1 Å². The topological polar surface area (TPSA) is 83.5 Å². The SMILES string of the molecule is CCc1ccc(C(=O)O)cc1S(=O)(=O)Nc1cccc(F)c1F. The molecule has 0 saturated heterocycles. The zero-order chi connectivity index (χ0) is 17.2. The summed E-state index contributed by atoms with van der Waals surface area (Å²) in [6.45, 7) is 1.69. The van der Waals surface area contributed by atoms with E-state index < -0.39 is 33.3 Å². The minimum absolute atomic E-state index is 0.220. The molecule has 0 amide bonds. The van der Waals surface area contributed by atoms with Gasteiger partial charge in [0.1, 0.15) is 0 Å². The van der Waals surface area contributed by atoms with Gasteiger partial charge in [0.25, 0.3) is 10.0 Å². The number of carboxylic acids is 1. The molecule has 0 aliphatic rings. The van der Waals surface area contributed by atoms with Crippen LogP contribution in [0.5, 0.6) is 0 Å². The Labute approximate surface area is 131 Å². The average molecular weight is 341 g/mol. The molecule has 5 nitrogen and oxygen atoms in total. The largest absolute Gasteiger partial charge is 0.478 e. The second-order valence-corrected chi connectivity index (χ2v) is 6.34. The van der Waals surface area contributed by atoms with Crippen molar-refractivity contribution in [1.82, 2.24) is 0 Å². The minimum Gasteiger partial charge on any atom is -0.478 e. The molecule has 0 aromatic heterocycles. The number of sulfonamides is 1. The highest BCUT2D eigenvalue weighted by Crippen LogP contribution is 2.24. The van der Waals surface area contributed by atoms with Crippen LogP contribution in [-0.2, 0) is 16.4 Å². The van der Waals surface area contributed by atoms with Crippen molar-refractivity contribution in [3.8, 4) is 0 Å². The van der Waals surface area contributed by atoms with Gasteiger partial charge in [0.05, 0.1) is 16.1 Å². The summed E-state index contributed by atoms with van der Waals surface area (Å²) in [6, 6.07) is 6.73. The van der Waals surface area contributed by atoms with Crippen LogP contribution in [0, 0.1) is 11.6 Å². The summed E-state index contributed by atoms with van der Waals surface area (Å²) in [6.07, 6.45) is 0.321. The fourth-order valence-corrected chi connectivity index (χ4v) is 3.41. The number of hydrogen-bond acceptors (Lipinski definition) is 3. The molecule has 122 valence electrons. The molecule has 2 aromatic rings. The van der Waals surface area contributed by atoms with Crippen molar-refractivity contribution in [2.75, 3.05) is 4.72 Å². The van der Waals surface area contributed by atoms with Crippen LogP contribution in [0.3, 0.4) is 0 Å². The third-order valence-corrected chi connectivity index (χ3v) is 4.63. The molecular formula is C15H13F2NO4S. The van der Waals surface area contributed by atoms with Crippen molar-refractivity contribution in [2.24, 2.45) is 0 Å². The monoisotopic (exact) mass is 341 g/mol. The molecule has 0 spiro atoms. The Bertz CT molecular complexity index is 866. The number of halogens is 2. The van der Waals surface area contributed by atoms with Gasteiger partial charge >= 0.3 is 5.97 Å². The van der Waals surface area contributed by atoms with Gasteiger partial charge in [0, 0.05) is 0 Å². The van der Waals surface area contributed by atoms with Crippen molar-refractivity contribution in [2.45, 2.75) is 18.2 Å². The lowest BCUT2D eigenvalue weighted by Crippen LogP contribution is -2.17. The summed E-state index contributed by atoms with van der Waals surface area (Å²) < 4.78 is 53.6. The van der Waals surface area contributed by atoms with Crippen LogP contribution in [0.2, 0.25) is 0 Å². The van der Waals surface area contributed by atoms with Crippen LogP contribution in [0.1, 0.15) is 22.8 Å². The number of aromatic carboxylic acids is 1. The van der Waals surface area contributed by atoms with Gasteiger partial charge in [-0.05, 0) is 36.2 Å². The molecule has 0 saturated carbocycles. The van der Waals surface area contributed by atoms with E-state index in [0.717, 1.165) is 24.3 Å². The first-order valence-electron chi connectivity index (χ1n) is 6.59. The molecule has 0 atom stereocenters.